The van der Waals surface area contributed by atoms with Crippen LogP contribution in [0.4, 0.5) is 9.18 Å². The summed E-state index contributed by atoms with van der Waals surface area (Å²) in [6.07, 6.45) is 1.68. The number of aromatic carboxylic acids is 1. The highest BCUT2D eigenvalue weighted by atomic mass is 35.5. The number of aromatic nitrogens is 2. The summed E-state index contributed by atoms with van der Waals surface area (Å²) in [5.74, 6) is -2.25. The molecular weight excluding hydrogens is 513 g/mol. The Kier molecular flexibility index (Phi) is 6.51. The zero-order valence-corrected chi connectivity index (χ0v) is 22.0. The summed E-state index contributed by atoms with van der Waals surface area (Å²) < 4.78 is 21.9. The van der Waals surface area contributed by atoms with Crippen LogP contribution in [0, 0.1) is 5.82 Å². The van der Waals surface area contributed by atoms with E-state index in [-0.39, 0.29) is 35.8 Å². The van der Waals surface area contributed by atoms with Gasteiger partial charge in [-0.25, -0.2) is 14.0 Å². The molecule has 0 spiro atoms. The molecular formula is C28H27ClFN3O5. The van der Waals surface area contributed by atoms with Gasteiger partial charge in [0.1, 0.15) is 11.4 Å². The molecule has 2 aliphatic rings. The van der Waals surface area contributed by atoms with E-state index in [1.54, 1.807) is 32.9 Å². The minimum absolute atomic E-state index is 0.0288. The van der Waals surface area contributed by atoms with Crippen LogP contribution in [0.15, 0.2) is 36.4 Å². The topological polar surface area (TPSA) is 102 Å². The summed E-state index contributed by atoms with van der Waals surface area (Å²) in [6, 6.07) is 8.91. The molecule has 1 saturated carbocycles. The van der Waals surface area contributed by atoms with Crippen LogP contribution in [-0.2, 0) is 17.7 Å². The van der Waals surface area contributed by atoms with E-state index in [4.69, 9.17) is 16.3 Å². The summed E-state index contributed by atoms with van der Waals surface area (Å²) in [7, 11) is 0. The van der Waals surface area contributed by atoms with E-state index in [1.165, 1.54) is 21.7 Å². The highest BCUT2D eigenvalue weighted by molar-refractivity contribution is 6.34. The highest BCUT2D eigenvalue weighted by Crippen LogP contribution is 2.43. The van der Waals surface area contributed by atoms with Crippen molar-refractivity contribution in [3.8, 4) is 11.3 Å². The smallest absolute Gasteiger partial charge is 0.410 e. The van der Waals surface area contributed by atoms with Crippen LogP contribution in [0.3, 0.4) is 0 Å². The lowest BCUT2D eigenvalue weighted by atomic mass is 9.98. The highest BCUT2D eigenvalue weighted by Gasteiger charge is 2.35. The van der Waals surface area contributed by atoms with Gasteiger partial charge < -0.3 is 14.7 Å². The van der Waals surface area contributed by atoms with Gasteiger partial charge in [-0.3, -0.25) is 4.79 Å². The van der Waals surface area contributed by atoms with Crippen molar-refractivity contribution in [2.75, 3.05) is 6.54 Å². The van der Waals surface area contributed by atoms with Gasteiger partial charge in [-0.15, -0.1) is 0 Å². The third-order valence-electron chi connectivity index (χ3n) is 6.65. The first-order chi connectivity index (χ1) is 17.9. The molecule has 8 nitrogen and oxygen atoms in total. The van der Waals surface area contributed by atoms with Crippen LogP contribution >= 0.6 is 11.6 Å². The van der Waals surface area contributed by atoms with Crippen molar-refractivity contribution in [1.82, 2.24) is 14.7 Å². The molecule has 0 atom stereocenters. The molecule has 10 heteroatoms. The lowest BCUT2D eigenvalue weighted by Crippen LogP contribution is -2.40. The number of hydrogen-bond acceptors (Lipinski definition) is 5. The number of benzene rings is 2. The average molecular weight is 540 g/mol. The first kappa shape index (κ1) is 25.9. The van der Waals surface area contributed by atoms with Gasteiger partial charge in [-0.05, 0) is 75.8 Å². The normalized spacial score (nSPS) is 15.2. The van der Waals surface area contributed by atoms with E-state index in [0.717, 1.165) is 24.5 Å². The van der Waals surface area contributed by atoms with Crippen LogP contribution in [0.1, 0.15) is 77.1 Å². The van der Waals surface area contributed by atoms with Gasteiger partial charge in [-0.2, -0.15) is 9.78 Å². The summed E-state index contributed by atoms with van der Waals surface area (Å²) in [5, 5.41) is 14.1. The lowest BCUT2D eigenvalue weighted by molar-refractivity contribution is 0.0218. The Morgan fingerprint density at radius 3 is 2.53 bits per heavy atom. The number of halogens is 2. The predicted molar refractivity (Wildman–Crippen MR) is 138 cm³/mol. The Labute approximate surface area is 224 Å². The maximum atomic E-state index is 15.1. The van der Waals surface area contributed by atoms with E-state index >= 15 is 4.39 Å². The second kappa shape index (κ2) is 9.54. The molecule has 38 heavy (non-hydrogen) atoms. The monoisotopic (exact) mass is 539 g/mol. The molecule has 198 valence electrons. The standard InChI is InChI=1S/C28H27ClFN3O5/c1-28(2,3)38-27(37)32-12-11-19-22(14-32)33(25(34)23-17(15-7-8-15)5-4-6-20(23)29)31-24(19)18-10-9-16(26(35)36)13-21(18)30/h4-6,9-10,13,15H,7-8,11-12,14H2,1-3H3,(H,35,36). The van der Waals surface area contributed by atoms with Gasteiger partial charge >= 0.3 is 12.1 Å². The summed E-state index contributed by atoms with van der Waals surface area (Å²) in [4.78, 5) is 39.6. The number of fused-ring (bicyclic) bond motifs is 1. The number of hydrogen-bond donors (Lipinski definition) is 1. The number of rotatable bonds is 4. The first-order valence-electron chi connectivity index (χ1n) is 12.4. The Hall–Kier alpha value is -3.72. The molecule has 0 saturated heterocycles. The zero-order chi connectivity index (χ0) is 27.4. The molecule has 1 aliphatic heterocycles. The van der Waals surface area contributed by atoms with Gasteiger partial charge in [0.25, 0.3) is 5.91 Å². The first-order valence-corrected chi connectivity index (χ1v) is 12.8. The summed E-state index contributed by atoms with van der Waals surface area (Å²) in [6.45, 7) is 5.62. The van der Waals surface area contributed by atoms with Crippen molar-refractivity contribution in [3.63, 3.8) is 0 Å². The Morgan fingerprint density at radius 1 is 1.16 bits per heavy atom. The Bertz CT molecular complexity index is 1470. The van der Waals surface area contributed by atoms with Crippen molar-refractivity contribution >= 4 is 29.6 Å². The third-order valence-corrected chi connectivity index (χ3v) is 6.97. The number of ether oxygens (including phenoxy) is 1. The number of carbonyl (C=O) groups excluding carboxylic acids is 2. The molecule has 0 unspecified atom stereocenters. The number of carboxylic acids is 1. The van der Waals surface area contributed by atoms with Crippen molar-refractivity contribution in [3.05, 3.63) is 75.2 Å². The van der Waals surface area contributed by atoms with Crippen LogP contribution in [0.25, 0.3) is 11.3 Å². The molecule has 1 fully saturated rings. The largest absolute Gasteiger partial charge is 0.478 e. The minimum atomic E-state index is -1.25. The number of amides is 1. The Morgan fingerprint density at radius 2 is 1.89 bits per heavy atom. The van der Waals surface area contributed by atoms with E-state index in [2.05, 4.69) is 5.10 Å². The van der Waals surface area contributed by atoms with Gasteiger partial charge in [0.15, 0.2) is 0 Å². The van der Waals surface area contributed by atoms with Gasteiger partial charge in [0, 0.05) is 17.7 Å². The molecule has 1 amide bonds. The van der Waals surface area contributed by atoms with Gasteiger partial charge in [-0.1, -0.05) is 23.7 Å². The molecule has 5 rings (SSSR count). The molecule has 1 aromatic heterocycles. The quantitative estimate of drug-likeness (QED) is 0.443. The summed E-state index contributed by atoms with van der Waals surface area (Å²) in [5.41, 5.74) is 1.62. The lowest BCUT2D eigenvalue weighted by Gasteiger charge is -2.30. The molecule has 0 radical (unpaired) electrons. The van der Waals surface area contributed by atoms with Gasteiger partial charge in [0.05, 0.1) is 34.1 Å². The van der Waals surface area contributed by atoms with Crippen LogP contribution < -0.4 is 0 Å². The zero-order valence-electron chi connectivity index (χ0n) is 21.3. The van der Waals surface area contributed by atoms with E-state index in [1.807, 2.05) is 6.07 Å². The molecule has 3 aromatic rings. The van der Waals surface area contributed by atoms with E-state index < -0.39 is 29.4 Å². The maximum absolute atomic E-state index is 15.1. The third kappa shape index (κ3) is 4.90. The maximum Gasteiger partial charge on any atom is 0.410 e. The van der Waals surface area contributed by atoms with Crippen molar-refractivity contribution in [2.24, 2.45) is 0 Å². The number of nitrogens with zero attached hydrogens (tertiary/aromatic N) is 3. The average Bonchev–Trinajstić information content (AvgIpc) is 3.63. The second-order valence-corrected chi connectivity index (χ2v) is 11.0. The van der Waals surface area contributed by atoms with Crippen LogP contribution in [0.5, 0.6) is 0 Å². The van der Waals surface area contributed by atoms with Crippen LogP contribution in [0.2, 0.25) is 5.02 Å². The molecule has 1 aliphatic carbocycles. The molecule has 1 N–H and O–H groups in total. The van der Waals surface area contributed by atoms with Crippen LogP contribution in [-0.4, -0.2) is 49.9 Å². The molecule has 0 bridgehead atoms. The van der Waals surface area contributed by atoms with Crippen molar-refractivity contribution < 1.29 is 28.6 Å². The molecule has 2 heterocycles. The van der Waals surface area contributed by atoms with Gasteiger partial charge in [0.2, 0.25) is 0 Å². The van der Waals surface area contributed by atoms with Crippen molar-refractivity contribution in [2.45, 2.75) is 58.1 Å². The summed E-state index contributed by atoms with van der Waals surface area (Å²) >= 11 is 6.51. The second-order valence-electron chi connectivity index (χ2n) is 10.6. The predicted octanol–water partition coefficient (Wildman–Crippen LogP) is 5.90. The minimum Gasteiger partial charge on any atom is -0.478 e. The SMILES string of the molecule is CC(C)(C)OC(=O)N1CCc2c(-c3ccc(C(=O)O)cc3F)nn(C(=O)c3c(Cl)cccc3C3CC3)c2C1. The fourth-order valence-electron chi connectivity index (χ4n) is 4.73. The van der Waals surface area contributed by atoms with E-state index in [0.29, 0.717) is 28.3 Å². The fourth-order valence-corrected chi connectivity index (χ4v) is 4.99. The van der Waals surface area contributed by atoms with Crippen molar-refractivity contribution in [1.29, 1.82) is 0 Å². The van der Waals surface area contributed by atoms with E-state index in [9.17, 15) is 19.5 Å². The molecule has 2 aromatic carbocycles. The number of carboxylic acid groups (broad SMARTS) is 1. The number of carbonyl (C=O) groups is 3. The fraction of sp³-hybridized carbons (Fsp3) is 0.357. The Balaban J connectivity index is 1.63.